The number of halogens is 2. The van der Waals surface area contributed by atoms with E-state index in [-0.39, 0.29) is 23.0 Å². The summed E-state index contributed by atoms with van der Waals surface area (Å²) in [7, 11) is 1.23. The predicted octanol–water partition coefficient (Wildman–Crippen LogP) is 5.87. The Morgan fingerprint density at radius 3 is 2.71 bits per heavy atom. The molecule has 7 nitrogen and oxygen atoms in total. The van der Waals surface area contributed by atoms with Gasteiger partial charge in [-0.1, -0.05) is 23.2 Å². The van der Waals surface area contributed by atoms with E-state index in [1.165, 1.54) is 25.3 Å². The van der Waals surface area contributed by atoms with Crippen molar-refractivity contribution in [1.82, 2.24) is 4.90 Å². The number of benzene rings is 1. The lowest BCUT2D eigenvalue weighted by atomic mass is 10.2. The Morgan fingerprint density at radius 1 is 1.13 bits per heavy atom. The third-order valence-corrected chi connectivity index (χ3v) is 5.80. The maximum Gasteiger partial charge on any atom is 0.373 e. The van der Waals surface area contributed by atoms with Gasteiger partial charge in [-0.15, -0.1) is 0 Å². The molecule has 3 aromatic rings. The molecule has 158 valence electrons. The monoisotopic (exact) mass is 477 g/mol. The van der Waals surface area contributed by atoms with Crippen LogP contribution in [0.4, 0.5) is 4.79 Å². The van der Waals surface area contributed by atoms with Crippen molar-refractivity contribution in [3.63, 3.8) is 0 Å². The SMILES string of the molecule is COC(=O)c1ccc(CN2C(=O)SC(=Cc3ccc(-c4cc(Cl)ccc4Cl)o3)C2=O)o1. The smallest absolute Gasteiger partial charge is 0.373 e. The number of imide groups is 1. The molecular formula is C21H13Cl2NO6S. The average molecular weight is 478 g/mol. The minimum absolute atomic E-state index is 0.0113. The van der Waals surface area contributed by atoms with Crippen molar-refractivity contribution in [2.45, 2.75) is 6.54 Å². The summed E-state index contributed by atoms with van der Waals surface area (Å²) in [5.41, 5.74) is 0.612. The van der Waals surface area contributed by atoms with E-state index in [4.69, 9.17) is 32.0 Å². The van der Waals surface area contributed by atoms with Gasteiger partial charge in [0.2, 0.25) is 5.76 Å². The van der Waals surface area contributed by atoms with Gasteiger partial charge in [-0.05, 0) is 54.2 Å². The van der Waals surface area contributed by atoms with Crippen molar-refractivity contribution in [2.75, 3.05) is 7.11 Å². The number of hydrogen-bond acceptors (Lipinski definition) is 7. The maximum atomic E-state index is 12.7. The summed E-state index contributed by atoms with van der Waals surface area (Å²) in [5, 5.41) is 0.513. The quantitative estimate of drug-likeness (QED) is 0.335. The minimum atomic E-state index is -0.645. The molecule has 0 bridgehead atoms. The summed E-state index contributed by atoms with van der Waals surface area (Å²) < 4.78 is 15.7. The molecule has 0 radical (unpaired) electrons. The third kappa shape index (κ3) is 4.41. The van der Waals surface area contributed by atoms with E-state index in [9.17, 15) is 14.4 Å². The first kappa shape index (κ1) is 21.3. The van der Waals surface area contributed by atoms with Crippen LogP contribution in [0.25, 0.3) is 17.4 Å². The Balaban J connectivity index is 1.52. The topological polar surface area (TPSA) is 90.0 Å². The van der Waals surface area contributed by atoms with Crippen molar-refractivity contribution in [1.29, 1.82) is 0 Å². The molecule has 0 spiro atoms. The molecule has 1 aromatic carbocycles. The largest absolute Gasteiger partial charge is 0.463 e. The fourth-order valence-electron chi connectivity index (χ4n) is 2.86. The van der Waals surface area contributed by atoms with E-state index in [0.29, 0.717) is 27.1 Å². The highest BCUT2D eigenvalue weighted by Crippen LogP contribution is 2.36. The molecule has 0 saturated carbocycles. The number of carbonyl (C=O) groups excluding carboxylic acids is 3. The van der Waals surface area contributed by atoms with Gasteiger partial charge >= 0.3 is 5.97 Å². The molecule has 1 aliphatic heterocycles. The number of carbonyl (C=O) groups is 3. The fourth-order valence-corrected chi connectivity index (χ4v) is 4.06. The highest BCUT2D eigenvalue weighted by molar-refractivity contribution is 8.18. The number of esters is 1. The van der Waals surface area contributed by atoms with Gasteiger partial charge in [0.15, 0.2) is 0 Å². The lowest BCUT2D eigenvalue weighted by Gasteiger charge is -2.09. The normalized spacial score (nSPS) is 15.2. The first-order valence-corrected chi connectivity index (χ1v) is 10.4. The van der Waals surface area contributed by atoms with Gasteiger partial charge in [0.05, 0.1) is 23.6 Å². The minimum Gasteiger partial charge on any atom is -0.463 e. The van der Waals surface area contributed by atoms with Crippen molar-refractivity contribution < 1.29 is 28.0 Å². The van der Waals surface area contributed by atoms with Crippen molar-refractivity contribution >= 4 is 58.2 Å². The van der Waals surface area contributed by atoms with E-state index in [1.54, 1.807) is 30.3 Å². The second-order valence-electron chi connectivity index (χ2n) is 6.35. The summed E-state index contributed by atoms with van der Waals surface area (Å²) in [6.45, 7) is -0.111. The molecule has 0 atom stereocenters. The van der Waals surface area contributed by atoms with Crippen LogP contribution in [-0.4, -0.2) is 29.1 Å². The van der Waals surface area contributed by atoms with Crippen LogP contribution in [-0.2, 0) is 16.1 Å². The van der Waals surface area contributed by atoms with E-state index in [1.807, 2.05) is 0 Å². The number of rotatable bonds is 5. The summed E-state index contributed by atoms with van der Waals surface area (Å²) in [4.78, 5) is 37.7. The number of ether oxygens (including phenoxy) is 1. The molecule has 0 N–H and O–H groups in total. The molecule has 3 heterocycles. The molecule has 2 aromatic heterocycles. The Bertz CT molecular complexity index is 1230. The number of nitrogens with zero attached hydrogens (tertiary/aromatic N) is 1. The van der Waals surface area contributed by atoms with Gasteiger partial charge < -0.3 is 13.6 Å². The van der Waals surface area contributed by atoms with Crippen molar-refractivity contribution in [3.05, 3.63) is 74.7 Å². The Labute approximate surface area is 190 Å². The molecule has 2 amide bonds. The zero-order valence-electron chi connectivity index (χ0n) is 15.9. The zero-order valence-corrected chi connectivity index (χ0v) is 18.2. The maximum absolute atomic E-state index is 12.7. The third-order valence-electron chi connectivity index (χ3n) is 4.33. The summed E-state index contributed by atoms with van der Waals surface area (Å²) in [5.74, 6) is -0.0208. The van der Waals surface area contributed by atoms with Gasteiger partial charge in [0, 0.05) is 16.7 Å². The van der Waals surface area contributed by atoms with E-state index >= 15 is 0 Å². The van der Waals surface area contributed by atoms with E-state index in [2.05, 4.69) is 4.74 Å². The molecule has 31 heavy (non-hydrogen) atoms. The van der Waals surface area contributed by atoms with Crippen LogP contribution in [0.15, 0.2) is 56.2 Å². The van der Waals surface area contributed by atoms with Crippen molar-refractivity contribution in [2.24, 2.45) is 0 Å². The van der Waals surface area contributed by atoms with Crippen LogP contribution < -0.4 is 0 Å². The van der Waals surface area contributed by atoms with Crippen LogP contribution in [0.2, 0.25) is 10.0 Å². The summed E-state index contributed by atoms with van der Waals surface area (Å²) in [6, 6.07) is 11.3. The van der Waals surface area contributed by atoms with Gasteiger partial charge in [-0.2, -0.15) is 0 Å². The molecule has 4 rings (SSSR count). The van der Waals surface area contributed by atoms with E-state index < -0.39 is 17.1 Å². The molecule has 10 heteroatoms. The van der Waals surface area contributed by atoms with Gasteiger partial charge in [0.25, 0.3) is 11.1 Å². The lowest BCUT2D eigenvalue weighted by Crippen LogP contribution is -2.27. The predicted molar refractivity (Wildman–Crippen MR) is 116 cm³/mol. The number of methoxy groups -OCH3 is 1. The Morgan fingerprint density at radius 2 is 1.94 bits per heavy atom. The second kappa shape index (κ2) is 8.66. The summed E-state index contributed by atoms with van der Waals surface area (Å²) in [6.07, 6.45) is 1.48. The van der Waals surface area contributed by atoms with Gasteiger partial charge in [0.1, 0.15) is 17.3 Å². The highest BCUT2D eigenvalue weighted by Gasteiger charge is 2.36. The fraction of sp³-hybridized carbons (Fsp3) is 0.0952. The van der Waals surface area contributed by atoms with Crippen LogP contribution >= 0.6 is 35.0 Å². The molecule has 1 saturated heterocycles. The first-order chi connectivity index (χ1) is 14.9. The number of furan rings is 2. The van der Waals surface area contributed by atoms with Gasteiger partial charge in [-0.3, -0.25) is 14.5 Å². The highest BCUT2D eigenvalue weighted by atomic mass is 35.5. The molecular weight excluding hydrogens is 465 g/mol. The van der Waals surface area contributed by atoms with Crippen LogP contribution in [0.3, 0.4) is 0 Å². The zero-order chi connectivity index (χ0) is 22.1. The molecule has 1 fully saturated rings. The van der Waals surface area contributed by atoms with Crippen LogP contribution in [0, 0.1) is 0 Å². The first-order valence-electron chi connectivity index (χ1n) is 8.83. The Hall–Kier alpha value is -2.94. The standard InChI is InChI=1S/C21H13Cl2NO6S/c1-28-20(26)17-7-4-13(30-17)10-24-19(25)18(31-21(24)27)9-12-3-6-16(29-12)14-8-11(22)2-5-15(14)23/h2-9H,10H2,1H3. The number of thioether (sulfide) groups is 1. The van der Waals surface area contributed by atoms with Crippen LogP contribution in [0.5, 0.6) is 0 Å². The second-order valence-corrected chi connectivity index (χ2v) is 8.19. The van der Waals surface area contributed by atoms with Crippen molar-refractivity contribution in [3.8, 4) is 11.3 Å². The van der Waals surface area contributed by atoms with Crippen LogP contribution in [0.1, 0.15) is 22.1 Å². The Kier molecular flexibility index (Phi) is 5.95. The molecule has 0 aliphatic carbocycles. The molecule has 1 aliphatic rings. The molecule has 0 unspecified atom stereocenters. The average Bonchev–Trinajstić information content (AvgIpc) is 3.46. The van der Waals surface area contributed by atoms with E-state index in [0.717, 1.165) is 16.7 Å². The number of hydrogen-bond donors (Lipinski definition) is 0. The summed E-state index contributed by atoms with van der Waals surface area (Å²) >= 11 is 13.0. The number of amides is 2. The van der Waals surface area contributed by atoms with Gasteiger partial charge in [-0.25, -0.2) is 4.79 Å². The lowest BCUT2D eigenvalue weighted by molar-refractivity contribution is -0.123.